The zero-order chi connectivity index (χ0) is 14.9. The highest BCUT2D eigenvalue weighted by atomic mass is 32.1. The third-order valence-electron chi connectivity index (χ3n) is 3.70. The molecular formula is C17H14NO2S-. The van der Waals surface area contributed by atoms with Gasteiger partial charge in [-0.1, -0.05) is 42.5 Å². The zero-order valence-electron chi connectivity index (χ0n) is 11.6. The molecule has 0 radical (unpaired) electrons. The van der Waals surface area contributed by atoms with E-state index in [-0.39, 0.29) is 0 Å². The Bertz CT molecular complexity index is 749. The van der Waals surface area contributed by atoms with Crippen LogP contribution in [0.5, 0.6) is 0 Å². The van der Waals surface area contributed by atoms with Crippen molar-refractivity contribution in [2.75, 3.05) is 0 Å². The predicted molar refractivity (Wildman–Crippen MR) is 82.1 cm³/mol. The fourth-order valence-corrected chi connectivity index (χ4v) is 3.52. The predicted octanol–water partition coefficient (Wildman–Crippen LogP) is 2.55. The van der Waals surface area contributed by atoms with Crippen LogP contribution in [0.3, 0.4) is 0 Å². The Morgan fingerprint density at radius 1 is 1.14 bits per heavy atom. The highest BCUT2D eigenvalue weighted by Gasteiger charge is 2.30. The van der Waals surface area contributed by atoms with Gasteiger partial charge in [-0.25, -0.2) is 4.98 Å². The summed E-state index contributed by atoms with van der Waals surface area (Å²) in [6.45, 7) is 1.70. The second-order valence-corrected chi connectivity index (χ2v) is 6.35. The van der Waals surface area contributed by atoms with E-state index in [0.29, 0.717) is 6.42 Å². The number of aliphatic carboxylic acids is 1. The van der Waals surface area contributed by atoms with Crippen molar-refractivity contribution >= 4 is 27.5 Å². The van der Waals surface area contributed by atoms with E-state index in [0.717, 1.165) is 20.8 Å². The Kier molecular flexibility index (Phi) is 3.47. The van der Waals surface area contributed by atoms with Crippen molar-refractivity contribution in [2.24, 2.45) is 0 Å². The topological polar surface area (TPSA) is 53.0 Å². The molecule has 4 heteroatoms. The molecule has 1 heterocycles. The third kappa shape index (κ3) is 2.54. The number of benzene rings is 2. The number of aromatic nitrogens is 1. The summed E-state index contributed by atoms with van der Waals surface area (Å²) in [7, 11) is 0. The SMILES string of the molecule is C[C@@](Cc1nc2ccccc2s1)(C(=O)[O-])c1ccccc1. The number of thiazole rings is 1. The average molecular weight is 296 g/mol. The average Bonchev–Trinajstić information content (AvgIpc) is 2.89. The molecule has 0 aliphatic heterocycles. The normalized spacial score (nSPS) is 14.0. The van der Waals surface area contributed by atoms with Gasteiger partial charge in [0.1, 0.15) is 0 Å². The molecule has 0 saturated carbocycles. The molecule has 3 aromatic rings. The van der Waals surface area contributed by atoms with Gasteiger partial charge in [-0.15, -0.1) is 11.3 Å². The van der Waals surface area contributed by atoms with Gasteiger partial charge < -0.3 is 9.90 Å². The molecule has 1 aromatic heterocycles. The van der Waals surface area contributed by atoms with E-state index in [4.69, 9.17) is 0 Å². The lowest BCUT2D eigenvalue weighted by Gasteiger charge is -2.30. The number of carboxylic acid groups (broad SMARTS) is 1. The van der Waals surface area contributed by atoms with Crippen LogP contribution in [0.15, 0.2) is 54.6 Å². The maximum absolute atomic E-state index is 11.7. The number of nitrogens with zero attached hydrogens (tertiary/aromatic N) is 1. The number of para-hydroxylation sites is 1. The minimum Gasteiger partial charge on any atom is -0.549 e. The summed E-state index contributed by atoms with van der Waals surface area (Å²) in [5.41, 5.74) is 0.574. The number of fused-ring (bicyclic) bond motifs is 1. The van der Waals surface area contributed by atoms with E-state index >= 15 is 0 Å². The van der Waals surface area contributed by atoms with E-state index in [1.54, 1.807) is 6.92 Å². The van der Waals surface area contributed by atoms with Crippen LogP contribution in [0.2, 0.25) is 0 Å². The van der Waals surface area contributed by atoms with E-state index in [9.17, 15) is 9.90 Å². The summed E-state index contributed by atoms with van der Waals surface area (Å²) < 4.78 is 1.07. The number of rotatable bonds is 4. The van der Waals surface area contributed by atoms with Gasteiger partial charge in [0.25, 0.3) is 0 Å². The van der Waals surface area contributed by atoms with Crippen LogP contribution in [-0.2, 0) is 16.6 Å². The van der Waals surface area contributed by atoms with Crippen molar-refractivity contribution in [3.05, 3.63) is 65.2 Å². The molecule has 3 rings (SSSR count). The summed E-state index contributed by atoms with van der Waals surface area (Å²) in [5, 5.41) is 12.5. The van der Waals surface area contributed by atoms with E-state index in [1.165, 1.54) is 11.3 Å². The lowest BCUT2D eigenvalue weighted by atomic mass is 9.80. The third-order valence-corrected chi connectivity index (χ3v) is 4.74. The van der Waals surface area contributed by atoms with Gasteiger partial charge in [0.15, 0.2) is 0 Å². The van der Waals surface area contributed by atoms with Gasteiger partial charge in [-0.05, 0) is 24.6 Å². The van der Waals surface area contributed by atoms with Gasteiger partial charge in [0, 0.05) is 11.8 Å². The van der Waals surface area contributed by atoms with Crippen LogP contribution in [-0.4, -0.2) is 11.0 Å². The first-order chi connectivity index (χ1) is 10.1. The monoisotopic (exact) mass is 296 g/mol. The van der Waals surface area contributed by atoms with Crippen LogP contribution < -0.4 is 5.11 Å². The van der Waals surface area contributed by atoms with Crippen LogP contribution >= 0.6 is 11.3 Å². The van der Waals surface area contributed by atoms with E-state index in [1.807, 2.05) is 54.6 Å². The van der Waals surface area contributed by atoms with Crippen LogP contribution in [0.25, 0.3) is 10.2 Å². The summed E-state index contributed by atoms with van der Waals surface area (Å²) in [6, 6.07) is 17.0. The molecule has 3 nitrogen and oxygen atoms in total. The molecule has 0 saturated heterocycles. The van der Waals surface area contributed by atoms with Crippen LogP contribution in [0.4, 0.5) is 0 Å². The lowest BCUT2D eigenvalue weighted by molar-refractivity contribution is -0.313. The number of carboxylic acids is 1. The molecule has 0 aliphatic carbocycles. The van der Waals surface area contributed by atoms with Crippen LogP contribution in [0, 0.1) is 0 Å². The van der Waals surface area contributed by atoms with Crippen molar-refractivity contribution in [3.63, 3.8) is 0 Å². The van der Waals surface area contributed by atoms with Gasteiger partial charge in [0.2, 0.25) is 0 Å². The highest BCUT2D eigenvalue weighted by Crippen LogP contribution is 2.31. The van der Waals surface area contributed by atoms with E-state index in [2.05, 4.69) is 4.98 Å². The second kappa shape index (κ2) is 5.30. The van der Waals surface area contributed by atoms with Crippen molar-refractivity contribution in [1.29, 1.82) is 0 Å². The Morgan fingerprint density at radius 3 is 2.48 bits per heavy atom. The maximum atomic E-state index is 11.7. The standard InChI is InChI=1S/C17H15NO2S/c1-17(16(19)20,12-7-3-2-4-8-12)11-15-18-13-9-5-6-10-14(13)21-15/h2-10H,11H2,1H3,(H,19,20)/p-1/t17-/m0/s1. The summed E-state index contributed by atoms with van der Waals surface area (Å²) in [6.07, 6.45) is 0.332. The number of carbonyl (C=O) groups excluding carboxylic acids is 1. The van der Waals surface area contributed by atoms with Gasteiger partial charge >= 0.3 is 0 Å². The Balaban J connectivity index is 2.01. The molecule has 0 spiro atoms. The van der Waals surface area contributed by atoms with Gasteiger partial charge in [-0.3, -0.25) is 0 Å². The smallest absolute Gasteiger partial charge is 0.0951 e. The first kappa shape index (κ1) is 13.8. The van der Waals surface area contributed by atoms with Gasteiger partial charge in [-0.2, -0.15) is 0 Å². The maximum Gasteiger partial charge on any atom is 0.0951 e. The summed E-state index contributed by atoms with van der Waals surface area (Å²) in [5.74, 6) is -1.08. The molecule has 0 fully saturated rings. The molecule has 21 heavy (non-hydrogen) atoms. The fraction of sp³-hybridized carbons (Fsp3) is 0.176. The highest BCUT2D eigenvalue weighted by molar-refractivity contribution is 7.18. The molecule has 2 aromatic carbocycles. The van der Waals surface area contributed by atoms with Crippen molar-refractivity contribution < 1.29 is 9.90 Å². The van der Waals surface area contributed by atoms with Gasteiger partial charge in [0.05, 0.1) is 21.2 Å². The van der Waals surface area contributed by atoms with E-state index < -0.39 is 11.4 Å². The minimum absolute atomic E-state index is 0.332. The molecular weight excluding hydrogens is 282 g/mol. The number of hydrogen-bond donors (Lipinski definition) is 0. The Labute approximate surface area is 126 Å². The Morgan fingerprint density at radius 2 is 1.81 bits per heavy atom. The lowest BCUT2D eigenvalue weighted by Crippen LogP contribution is -2.45. The summed E-state index contributed by atoms with van der Waals surface area (Å²) in [4.78, 5) is 16.2. The Hall–Kier alpha value is -2.20. The quantitative estimate of drug-likeness (QED) is 0.743. The van der Waals surface area contributed by atoms with Crippen LogP contribution in [0.1, 0.15) is 17.5 Å². The largest absolute Gasteiger partial charge is 0.549 e. The molecule has 0 unspecified atom stereocenters. The number of carbonyl (C=O) groups is 1. The molecule has 1 atom stereocenters. The first-order valence-corrected chi connectivity index (χ1v) is 7.53. The molecule has 0 aliphatic rings. The second-order valence-electron chi connectivity index (χ2n) is 5.24. The summed E-state index contributed by atoms with van der Waals surface area (Å²) >= 11 is 1.53. The van der Waals surface area contributed by atoms with Crippen molar-refractivity contribution in [3.8, 4) is 0 Å². The van der Waals surface area contributed by atoms with Crippen molar-refractivity contribution in [1.82, 2.24) is 4.98 Å². The number of hydrogen-bond acceptors (Lipinski definition) is 4. The molecule has 0 amide bonds. The zero-order valence-corrected chi connectivity index (χ0v) is 12.4. The molecule has 106 valence electrons. The first-order valence-electron chi connectivity index (χ1n) is 6.71. The fourth-order valence-electron chi connectivity index (χ4n) is 2.40. The molecule has 0 bridgehead atoms. The molecule has 0 N–H and O–H groups in total. The minimum atomic E-state index is -1.08. The van der Waals surface area contributed by atoms with Crippen molar-refractivity contribution in [2.45, 2.75) is 18.8 Å².